The summed E-state index contributed by atoms with van der Waals surface area (Å²) in [5, 5.41) is 0. The molecule has 1 nitrogen and oxygen atoms in total. The lowest BCUT2D eigenvalue weighted by Crippen LogP contribution is -2.32. The number of alkyl halides is 1. The number of ether oxygens (including phenoxy) is 1. The van der Waals surface area contributed by atoms with E-state index < -0.39 is 0 Å². The Bertz CT molecular complexity index is 293. The van der Waals surface area contributed by atoms with Gasteiger partial charge < -0.3 is 4.74 Å². The van der Waals surface area contributed by atoms with Crippen molar-refractivity contribution < 1.29 is 4.74 Å². The molecule has 0 amide bonds. The molecule has 2 atom stereocenters. The van der Waals surface area contributed by atoms with Crippen molar-refractivity contribution in [3.63, 3.8) is 0 Å². The van der Waals surface area contributed by atoms with Gasteiger partial charge in [-0.2, -0.15) is 0 Å². The lowest BCUT2D eigenvalue weighted by atomic mass is 9.75. The van der Waals surface area contributed by atoms with Gasteiger partial charge in [-0.1, -0.05) is 37.3 Å². The molecule has 0 saturated carbocycles. The smallest absolute Gasteiger partial charge is 0.0552 e. The molecule has 0 spiro atoms. The molecule has 0 N–H and O–H groups in total. The first-order valence-electron chi connectivity index (χ1n) is 5.83. The van der Waals surface area contributed by atoms with E-state index in [1.54, 1.807) is 7.11 Å². The van der Waals surface area contributed by atoms with Crippen LogP contribution in [0.25, 0.3) is 0 Å². The third kappa shape index (κ3) is 2.99. The lowest BCUT2D eigenvalue weighted by molar-refractivity contribution is 0.0893. The molecule has 1 rings (SSSR count). The molecule has 0 aliphatic rings. The van der Waals surface area contributed by atoms with Gasteiger partial charge in [-0.05, 0) is 25.3 Å². The summed E-state index contributed by atoms with van der Waals surface area (Å²) in [6.07, 6.45) is 2.24. The van der Waals surface area contributed by atoms with Crippen molar-refractivity contribution in [1.82, 2.24) is 0 Å². The second-order valence-electron chi connectivity index (χ2n) is 4.38. The molecule has 0 aliphatic heterocycles. The van der Waals surface area contributed by atoms with E-state index >= 15 is 0 Å². The molecule has 1 aromatic carbocycles. The third-order valence-electron chi connectivity index (χ3n) is 3.40. The van der Waals surface area contributed by atoms with Gasteiger partial charge in [-0.15, -0.1) is 11.6 Å². The van der Waals surface area contributed by atoms with Crippen molar-refractivity contribution in [1.29, 1.82) is 0 Å². The van der Waals surface area contributed by atoms with Crippen molar-refractivity contribution in [3.8, 4) is 0 Å². The summed E-state index contributed by atoms with van der Waals surface area (Å²) >= 11 is 6.20. The zero-order valence-corrected chi connectivity index (χ0v) is 11.1. The maximum absolute atomic E-state index is 6.20. The van der Waals surface area contributed by atoms with Crippen LogP contribution in [0.2, 0.25) is 0 Å². The first-order valence-corrected chi connectivity index (χ1v) is 6.36. The van der Waals surface area contributed by atoms with Gasteiger partial charge in [0.25, 0.3) is 0 Å². The Hall–Kier alpha value is -0.530. The van der Waals surface area contributed by atoms with Crippen LogP contribution in [0.15, 0.2) is 30.3 Å². The van der Waals surface area contributed by atoms with Crippen molar-refractivity contribution in [2.24, 2.45) is 0 Å². The minimum atomic E-state index is 0.0399. The number of hydrogen-bond donors (Lipinski definition) is 0. The van der Waals surface area contributed by atoms with Gasteiger partial charge >= 0.3 is 0 Å². The molecule has 1 aromatic rings. The van der Waals surface area contributed by atoms with E-state index in [0.717, 1.165) is 12.8 Å². The minimum Gasteiger partial charge on any atom is -0.382 e. The fraction of sp³-hybridized carbons (Fsp3) is 0.571. The highest BCUT2D eigenvalue weighted by Gasteiger charge is 2.31. The van der Waals surface area contributed by atoms with E-state index in [0.29, 0.717) is 5.88 Å². The fourth-order valence-electron chi connectivity index (χ4n) is 2.12. The monoisotopic (exact) mass is 240 g/mol. The standard InChI is InChI=1S/C14H21ClO/c1-4-14(11-15,10-12(2)16-3)13-8-6-5-7-9-13/h5-9,12H,4,10-11H2,1-3H3. The van der Waals surface area contributed by atoms with E-state index in [1.165, 1.54) is 5.56 Å². The van der Waals surface area contributed by atoms with Crippen LogP contribution in [-0.2, 0) is 10.2 Å². The highest BCUT2D eigenvalue weighted by molar-refractivity contribution is 6.18. The molecule has 2 unspecified atom stereocenters. The van der Waals surface area contributed by atoms with Gasteiger partial charge in [0.05, 0.1) is 6.10 Å². The van der Waals surface area contributed by atoms with Gasteiger partial charge in [0, 0.05) is 18.4 Å². The maximum Gasteiger partial charge on any atom is 0.0552 e. The molecule has 0 saturated heterocycles. The van der Waals surface area contributed by atoms with Crippen LogP contribution in [0, 0.1) is 0 Å². The predicted octanol–water partition coefficient (Wildman–Crippen LogP) is 4.00. The van der Waals surface area contributed by atoms with Crippen LogP contribution in [0.5, 0.6) is 0 Å². The summed E-state index contributed by atoms with van der Waals surface area (Å²) in [7, 11) is 1.75. The summed E-state index contributed by atoms with van der Waals surface area (Å²) < 4.78 is 5.37. The van der Waals surface area contributed by atoms with E-state index in [9.17, 15) is 0 Å². The molecule has 2 heteroatoms. The third-order valence-corrected chi connectivity index (χ3v) is 3.91. The van der Waals surface area contributed by atoms with Crippen LogP contribution < -0.4 is 0 Å². The molecular weight excluding hydrogens is 220 g/mol. The summed E-state index contributed by atoms with van der Waals surface area (Å²) in [4.78, 5) is 0. The van der Waals surface area contributed by atoms with Crippen LogP contribution in [-0.4, -0.2) is 19.1 Å². The molecule has 0 heterocycles. The zero-order chi connectivity index (χ0) is 12.0. The minimum absolute atomic E-state index is 0.0399. The number of methoxy groups -OCH3 is 1. The van der Waals surface area contributed by atoms with Crippen LogP contribution in [0.3, 0.4) is 0 Å². The van der Waals surface area contributed by atoms with E-state index in [-0.39, 0.29) is 11.5 Å². The van der Waals surface area contributed by atoms with Crippen molar-refractivity contribution >= 4 is 11.6 Å². The Morgan fingerprint density at radius 3 is 2.38 bits per heavy atom. The zero-order valence-electron chi connectivity index (χ0n) is 10.4. The molecule has 90 valence electrons. The average Bonchev–Trinajstić information content (AvgIpc) is 2.37. The summed E-state index contributed by atoms with van der Waals surface area (Å²) in [6.45, 7) is 4.29. The van der Waals surface area contributed by atoms with Gasteiger partial charge in [0.2, 0.25) is 0 Å². The van der Waals surface area contributed by atoms with E-state index in [2.05, 4.69) is 38.1 Å². The van der Waals surface area contributed by atoms with Gasteiger partial charge in [-0.25, -0.2) is 0 Å². The topological polar surface area (TPSA) is 9.23 Å². The van der Waals surface area contributed by atoms with E-state index in [1.807, 2.05) is 6.07 Å². The Balaban J connectivity index is 2.96. The molecule has 16 heavy (non-hydrogen) atoms. The highest BCUT2D eigenvalue weighted by atomic mass is 35.5. The van der Waals surface area contributed by atoms with Crippen molar-refractivity contribution in [3.05, 3.63) is 35.9 Å². The first kappa shape index (κ1) is 13.5. The SMILES string of the molecule is CCC(CCl)(CC(C)OC)c1ccccc1. The molecule has 0 aromatic heterocycles. The Morgan fingerprint density at radius 1 is 1.31 bits per heavy atom. The quantitative estimate of drug-likeness (QED) is 0.683. The molecule has 0 aliphatic carbocycles. The number of benzene rings is 1. The van der Waals surface area contributed by atoms with Gasteiger partial charge in [-0.3, -0.25) is 0 Å². The fourth-order valence-corrected chi connectivity index (χ4v) is 2.57. The summed E-state index contributed by atoms with van der Waals surface area (Å²) in [5.41, 5.74) is 1.36. The highest BCUT2D eigenvalue weighted by Crippen LogP contribution is 2.34. The Labute approximate surface area is 104 Å². The summed E-state index contributed by atoms with van der Waals surface area (Å²) in [5.74, 6) is 0.640. The normalized spacial score (nSPS) is 16.8. The Kier molecular flexibility index (Phi) is 5.30. The van der Waals surface area contributed by atoms with Gasteiger partial charge in [0.1, 0.15) is 0 Å². The van der Waals surface area contributed by atoms with Crippen LogP contribution >= 0.6 is 11.6 Å². The Morgan fingerprint density at radius 2 is 1.94 bits per heavy atom. The van der Waals surface area contributed by atoms with E-state index in [4.69, 9.17) is 16.3 Å². The van der Waals surface area contributed by atoms with Crippen molar-refractivity contribution in [2.45, 2.75) is 38.2 Å². The van der Waals surface area contributed by atoms with Gasteiger partial charge in [0.15, 0.2) is 0 Å². The van der Waals surface area contributed by atoms with Crippen molar-refractivity contribution in [2.75, 3.05) is 13.0 Å². The molecular formula is C14H21ClO. The number of halogens is 1. The molecule has 0 radical (unpaired) electrons. The second-order valence-corrected chi connectivity index (χ2v) is 4.65. The van der Waals surface area contributed by atoms with Crippen LogP contribution in [0.4, 0.5) is 0 Å². The largest absolute Gasteiger partial charge is 0.382 e. The first-order chi connectivity index (χ1) is 7.68. The summed E-state index contributed by atoms with van der Waals surface area (Å²) in [6, 6.07) is 10.5. The lowest BCUT2D eigenvalue weighted by Gasteiger charge is -2.33. The maximum atomic E-state index is 6.20. The van der Waals surface area contributed by atoms with Crippen LogP contribution in [0.1, 0.15) is 32.3 Å². The molecule has 0 fully saturated rings. The number of hydrogen-bond acceptors (Lipinski definition) is 1. The number of rotatable bonds is 6. The molecule has 0 bridgehead atoms. The predicted molar refractivity (Wildman–Crippen MR) is 70.2 cm³/mol. The average molecular weight is 241 g/mol. The second kappa shape index (κ2) is 6.27.